The van der Waals surface area contributed by atoms with E-state index in [0.717, 1.165) is 5.69 Å². The van der Waals surface area contributed by atoms with Gasteiger partial charge in [-0.15, -0.1) is 11.8 Å². The van der Waals surface area contributed by atoms with E-state index in [1.807, 2.05) is 6.92 Å². The first-order chi connectivity index (χ1) is 11.7. The fraction of sp³-hybridized carbons (Fsp3) is 0.235. The van der Waals surface area contributed by atoms with Crippen molar-refractivity contribution in [2.45, 2.75) is 18.4 Å². The molecule has 1 aromatic heterocycles. The number of nitrogens with zero attached hydrogens (tertiary/aromatic N) is 2. The van der Waals surface area contributed by atoms with E-state index in [4.69, 9.17) is 14.7 Å². The molecule has 0 fully saturated rings. The molecular formula is C17H15N3O3S. The Morgan fingerprint density at radius 3 is 3.00 bits per heavy atom. The van der Waals surface area contributed by atoms with Crippen molar-refractivity contribution in [2.24, 2.45) is 0 Å². The number of thioether (sulfide) groups is 1. The molecule has 24 heavy (non-hydrogen) atoms. The van der Waals surface area contributed by atoms with Crippen molar-refractivity contribution in [2.75, 3.05) is 17.9 Å². The molecule has 2 aromatic rings. The fourth-order valence-corrected chi connectivity index (χ4v) is 3.12. The van der Waals surface area contributed by atoms with Crippen LogP contribution >= 0.6 is 11.8 Å². The molecule has 0 radical (unpaired) electrons. The normalized spacial score (nSPS) is 11.8. The van der Waals surface area contributed by atoms with Crippen LogP contribution in [0.3, 0.4) is 0 Å². The molecule has 1 aliphatic rings. The number of hydrogen-bond donors (Lipinski definition) is 1. The summed E-state index contributed by atoms with van der Waals surface area (Å²) in [5, 5.41) is 12.6. The molecule has 0 saturated carbocycles. The number of aromatic nitrogens is 1. The molecule has 0 unspecified atom stereocenters. The van der Waals surface area contributed by atoms with Gasteiger partial charge >= 0.3 is 0 Å². The smallest absolute Gasteiger partial charge is 0.231 e. The van der Waals surface area contributed by atoms with Crippen LogP contribution in [0.4, 0.5) is 5.69 Å². The third-order valence-corrected chi connectivity index (χ3v) is 4.34. The van der Waals surface area contributed by atoms with Crippen molar-refractivity contribution in [1.29, 1.82) is 5.26 Å². The third-order valence-electron chi connectivity index (χ3n) is 3.34. The van der Waals surface area contributed by atoms with Crippen molar-refractivity contribution in [3.8, 4) is 17.6 Å². The fourth-order valence-electron chi connectivity index (χ4n) is 2.17. The number of hydrogen-bond acceptors (Lipinski definition) is 6. The van der Waals surface area contributed by atoms with Crippen LogP contribution in [0.1, 0.15) is 17.7 Å². The first kappa shape index (κ1) is 16.1. The van der Waals surface area contributed by atoms with Crippen LogP contribution in [0.5, 0.6) is 11.5 Å². The molecule has 1 N–H and O–H groups in total. The van der Waals surface area contributed by atoms with Gasteiger partial charge in [0.1, 0.15) is 11.1 Å². The van der Waals surface area contributed by atoms with Crippen LogP contribution in [-0.2, 0) is 4.79 Å². The minimum Gasteiger partial charge on any atom is -0.454 e. The van der Waals surface area contributed by atoms with Gasteiger partial charge < -0.3 is 14.8 Å². The molecule has 1 aromatic carbocycles. The number of amides is 1. The Hall–Kier alpha value is -2.72. The summed E-state index contributed by atoms with van der Waals surface area (Å²) in [5.41, 5.74) is 2.05. The second kappa shape index (κ2) is 7.23. The molecular weight excluding hydrogens is 326 g/mol. The van der Waals surface area contributed by atoms with Crippen LogP contribution < -0.4 is 14.8 Å². The molecule has 0 atom stereocenters. The Morgan fingerprint density at radius 1 is 1.33 bits per heavy atom. The van der Waals surface area contributed by atoms with E-state index in [9.17, 15) is 4.79 Å². The lowest BCUT2D eigenvalue weighted by Gasteiger charge is -2.07. The van der Waals surface area contributed by atoms with Gasteiger partial charge in [-0.1, -0.05) is 0 Å². The van der Waals surface area contributed by atoms with Gasteiger partial charge in [-0.25, -0.2) is 4.98 Å². The van der Waals surface area contributed by atoms with Gasteiger partial charge in [0.05, 0.1) is 5.56 Å². The summed E-state index contributed by atoms with van der Waals surface area (Å²) >= 11 is 1.41. The van der Waals surface area contributed by atoms with E-state index in [-0.39, 0.29) is 12.7 Å². The van der Waals surface area contributed by atoms with Crippen molar-refractivity contribution < 1.29 is 14.3 Å². The molecule has 0 aliphatic carbocycles. The summed E-state index contributed by atoms with van der Waals surface area (Å²) in [5.74, 6) is 1.75. The van der Waals surface area contributed by atoms with Gasteiger partial charge in [-0.3, -0.25) is 4.79 Å². The minimum atomic E-state index is -0.104. The Bertz CT molecular complexity index is 817. The number of pyridine rings is 1. The Balaban J connectivity index is 1.53. The number of carbonyl (C=O) groups excluding carboxylic acids is 1. The van der Waals surface area contributed by atoms with E-state index < -0.39 is 0 Å². The highest BCUT2D eigenvalue weighted by molar-refractivity contribution is 7.99. The zero-order chi connectivity index (χ0) is 16.9. The summed E-state index contributed by atoms with van der Waals surface area (Å²) in [6.45, 7) is 2.08. The molecule has 2 heterocycles. The van der Waals surface area contributed by atoms with Crippen LogP contribution in [0.2, 0.25) is 0 Å². The summed E-state index contributed by atoms with van der Waals surface area (Å²) < 4.78 is 10.5. The lowest BCUT2D eigenvalue weighted by Crippen LogP contribution is -2.12. The van der Waals surface area contributed by atoms with Gasteiger partial charge in [0.15, 0.2) is 11.5 Å². The number of nitriles is 1. The Labute approximate surface area is 143 Å². The molecule has 122 valence electrons. The number of nitrogens with one attached hydrogen (secondary N) is 1. The van der Waals surface area contributed by atoms with E-state index in [1.54, 1.807) is 30.3 Å². The zero-order valence-corrected chi connectivity index (χ0v) is 13.9. The lowest BCUT2D eigenvalue weighted by molar-refractivity contribution is -0.115. The lowest BCUT2D eigenvalue weighted by atomic mass is 10.2. The van der Waals surface area contributed by atoms with Crippen molar-refractivity contribution in [1.82, 2.24) is 4.98 Å². The molecule has 1 aliphatic heterocycles. The highest BCUT2D eigenvalue weighted by Crippen LogP contribution is 2.34. The van der Waals surface area contributed by atoms with E-state index in [0.29, 0.717) is 39.9 Å². The average Bonchev–Trinajstić information content (AvgIpc) is 3.03. The van der Waals surface area contributed by atoms with Crippen LogP contribution in [0, 0.1) is 18.3 Å². The number of anilines is 1. The van der Waals surface area contributed by atoms with Crippen LogP contribution in [0.25, 0.3) is 0 Å². The van der Waals surface area contributed by atoms with Crippen LogP contribution in [0.15, 0.2) is 35.4 Å². The maximum atomic E-state index is 12.0. The van der Waals surface area contributed by atoms with Crippen molar-refractivity contribution in [3.63, 3.8) is 0 Å². The topological polar surface area (TPSA) is 84.2 Å². The quantitative estimate of drug-likeness (QED) is 0.841. The zero-order valence-electron chi connectivity index (χ0n) is 13.0. The van der Waals surface area contributed by atoms with Crippen molar-refractivity contribution >= 4 is 23.4 Å². The number of benzene rings is 1. The van der Waals surface area contributed by atoms with E-state index in [1.165, 1.54) is 11.8 Å². The Kier molecular flexibility index (Phi) is 4.87. The monoisotopic (exact) mass is 341 g/mol. The predicted octanol–water partition coefficient (Wildman–Crippen LogP) is 3.11. The van der Waals surface area contributed by atoms with E-state index in [2.05, 4.69) is 16.4 Å². The third kappa shape index (κ3) is 3.78. The van der Waals surface area contributed by atoms with Gasteiger partial charge in [-0.05, 0) is 31.2 Å². The molecule has 0 saturated heterocycles. The number of fused-ring (bicyclic) bond motifs is 1. The molecule has 6 nitrogen and oxygen atoms in total. The molecule has 1 amide bonds. The summed E-state index contributed by atoms with van der Waals surface area (Å²) in [7, 11) is 0. The number of carbonyl (C=O) groups is 1. The first-order valence-electron chi connectivity index (χ1n) is 7.36. The Morgan fingerprint density at radius 2 is 2.17 bits per heavy atom. The van der Waals surface area contributed by atoms with Crippen molar-refractivity contribution in [3.05, 3.63) is 41.6 Å². The van der Waals surface area contributed by atoms with Gasteiger partial charge in [0, 0.05) is 29.6 Å². The van der Waals surface area contributed by atoms with Crippen LogP contribution in [-0.4, -0.2) is 23.4 Å². The summed E-state index contributed by atoms with van der Waals surface area (Å²) in [4.78, 5) is 16.4. The number of ether oxygens (including phenoxy) is 2. The summed E-state index contributed by atoms with van der Waals surface area (Å²) in [6, 6.07) is 10.9. The van der Waals surface area contributed by atoms with Gasteiger partial charge in [0.25, 0.3) is 0 Å². The highest BCUT2D eigenvalue weighted by Gasteiger charge is 2.14. The molecule has 7 heteroatoms. The SMILES string of the molecule is Cc1ccc(C#N)c(SCCC(=O)Nc2ccc3c(c2)OCO3)n1. The largest absolute Gasteiger partial charge is 0.454 e. The average molecular weight is 341 g/mol. The standard InChI is InChI=1S/C17H15N3O3S/c1-11-2-3-12(9-18)17(19-11)24-7-6-16(21)20-13-4-5-14-15(8-13)23-10-22-14/h2-5,8H,6-7,10H2,1H3,(H,20,21). The number of rotatable bonds is 5. The molecule has 0 bridgehead atoms. The highest BCUT2D eigenvalue weighted by atomic mass is 32.2. The number of aryl methyl sites for hydroxylation is 1. The predicted molar refractivity (Wildman–Crippen MR) is 90.2 cm³/mol. The minimum absolute atomic E-state index is 0.104. The summed E-state index contributed by atoms with van der Waals surface area (Å²) in [6.07, 6.45) is 0.319. The molecule has 0 spiro atoms. The second-order valence-electron chi connectivity index (χ2n) is 5.13. The molecule has 3 rings (SSSR count). The van der Waals surface area contributed by atoms with Gasteiger partial charge in [0.2, 0.25) is 12.7 Å². The van der Waals surface area contributed by atoms with Gasteiger partial charge in [-0.2, -0.15) is 5.26 Å². The second-order valence-corrected chi connectivity index (χ2v) is 6.22. The maximum absolute atomic E-state index is 12.0. The maximum Gasteiger partial charge on any atom is 0.231 e. The first-order valence-corrected chi connectivity index (χ1v) is 8.34. The van der Waals surface area contributed by atoms with E-state index >= 15 is 0 Å².